The Labute approximate surface area is 180 Å². The van der Waals surface area contributed by atoms with E-state index in [9.17, 15) is 13.2 Å². The summed E-state index contributed by atoms with van der Waals surface area (Å²) in [6.07, 6.45) is 3.36. The van der Waals surface area contributed by atoms with E-state index >= 15 is 0 Å². The number of benzene rings is 1. The molecule has 1 fully saturated rings. The maximum atomic E-state index is 12.9. The van der Waals surface area contributed by atoms with E-state index in [-0.39, 0.29) is 11.7 Å². The van der Waals surface area contributed by atoms with Crippen molar-refractivity contribution < 1.29 is 13.2 Å². The number of nitrogens with two attached hydrogens (primary N) is 1. The van der Waals surface area contributed by atoms with Gasteiger partial charge in [-0.1, -0.05) is 11.8 Å². The highest BCUT2D eigenvalue weighted by molar-refractivity contribution is 7.99. The largest absolute Gasteiger partial charge is 0.384 e. The van der Waals surface area contributed by atoms with Crippen LogP contribution in [0.5, 0.6) is 0 Å². The third kappa shape index (κ3) is 4.30. The first-order valence-electron chi connectivity index (χ1n) is 10.0. The number of aryl methyl sites for hydroxylation is 2. The fourth-order valence-electron chi connectivity index (χ4n) is 3.90. The molecule has 2 aromatic rings. The maximum Gasteiger partial charge on any atom is 0.243 e. The van der Waals surface area contributed by atoms with E-state index in [1.54, 1.807) is 33.5 Å². The Bertz CT molecular complexity index is 1050. The van der Waals surface area contributed by atoms with E-state index in [1.165, 1.54) is 11.8 Å². The zero-order valence-electron chi connectivity index (χ0n) is 16.9. The van der Waals surface area contributed by atoms with Gasteiger partial charge >= 0.3 is 0 Å². The molecule has 10 heteroatoms. The molecule has 4 rings (SSSR count). The number of sulfonamides is 1. The first-order chi connectivity index (χ1) is 14.3. The molecule has 8 nitrogen and oxygen atoms in total. The Morgan fingerprint density at radius 2 is 1.90 bits per heavy atom. The Morgan fingerprint density at radius 3 is 2.63 bits per heavy atom. The Hall–Kier alpha value is -2.17. The van der Waals surface area contributed by atoms with Crippen molar-refractivity contribution in [3.63, 3.8) is 0 Å². The van der Waals surface area contributed by atoms with Gasteiger partial charge in [0.1, 0.15) is 5.82 Å². The van der Waals surface area contributed by atoms with Crippen molar-refractivity contribution in [3.05, 3.63) is 35.5 Å². The molecule has 1 amide bonds. The Kier molecular flexibility index (Phi) is 5.99. The third-order valence-electron chi connectivity index (χ3n) is 5.35. The van der Waals surface area contributed by atoms with Crippen molar-refractivity contribution in [3.8, 4) is 0 Å². The summed E-state index contributed by atoms with van der Waals surface area (Å²) in [5.41, 5.74) is 8.20. The van der Waals surface area contributed by atoms with Gasteiger partial charge in [0.25, 0.3) is 0 Å². The second-order valence-corrected chi connectivity index (χ2v) is 10.4. The topological polar surface area (TPSA) is 109 Å². The predicted octanol–water partition coefficient (Wildman–Crippen LogP) is 2.22. The molecule has 160 valence electrons. The van der Waals surface area contributed by atoms with Gasteiger partial charge in [-0.3, -0.25) is 4.79 Å². The lowest BCUT2D eigenvalue weighted by Crippen LogP contribution is -2.37. The molecule has 1 aromatic carbocycles. The van der Waals surface area contributed by atoms with E-state index in [1.807, 2.05) is 6.92 Å². The van der Waals surface area contributed by atoms with Crippen LogP contribution in [0.2, 0.25) is 0 Å². The molecule has 0 radical (unpaired) electrons. The lowest BCUT2D eigenvalue weighted by atomic mass is 10.0. The number of aromatic nitrogens is 2. The summed E-state index contributed by atoms with van der Waals surface area (Å²) in [5.74, 6) is 0.517. The van der Waals surface area contributed by atoms with Gasteiger partial charge in [-0.05, 0) is 56.4 Å². The standard InChI is InChI=1S/C20H25N5O3S2/c1-14-11-18(21)23-20(22-14)29-13-19(26)25-10-4-5-15-12-16(6-7-17(15)25)30(27,28)24-8-2-3-9-24/h6-7,11-12H,2-5,8-10,13H2,1H3,(H2,21,22,23). The van der Waals surface area contributed by atoms with E-state index in [2.05, 4.69) is 9.97 Å². The number of hydrogen-bond donors (Lipinski definition) is 1. The lowest BCUT2D eigenvalue weighted by Gasteiger charge is -2.30. The van der Waals surface area contributed by atoms with Crippen LogP contribution in [0.15, 0.2) is 34.3 Å². The predicted molar refractivity (Wildman–Crippen MR) is 117 cm³/mol. The molecule has 2 N–H and O–H groups in total. The minimum absolute atomic E-state index is 0.0558. The van der Waals surface area contributed by atoms with Crippen LogP contribution >= 0.6 is 11.8 Å². The van der Waals surface area contributed by atoms with E-state index < -0.39 is 10.0 Å². The summed E-state index contributed by atoms with van der Waals surface area (Å²) < 4.78 is 27.3. The molecule has 2 aliphatic rings. The van der Waals surface area contributed by atoms with Crippen molar-refractivity contribution in [2.75, 3.05) is 36.0 Å². The molecular formula is C20H25N5O3S2. The highest BCUT2D eigenvalue weighted by Gasteiger charge is 2.29. The van der Waals surface area contributed by atoms with Crippen molar-refractivity contribution in [2.45, 2.75) is 42.7 Å². The third-order valence-corrected chi connectivity index (χ3v) is 8.08. The number of nitrogens with zero attached hydrogens (tertiary/aromatic N) is 4. The van der Waals surface area contributed by atoms with Gasteiger partial charge in [-0.25, -0.2) is 18.4 Å². The summed E-state index contributed by atoms with van der Waals surface area (Å²) in [6, 6.07) is 6.80. The molecule has 0 unspecified atom stereocenters. The van der Waals surface area contributed by atoms with Gasteiger partial charge in [-0.2, -0.15) is 4.31 Å². The smallest absolute Gasteiger partial charge is 0.243 e. The fourth-order valence-corrected chi connectivity index (χ4v) is 6.26. The molecule has 0 atom stereocenters. The van der Waals surface area contributed by atoms with Crippen LogP contribution in [-0.4, -0.2) is 54.0 Å². The van der Waals surface area contributed by atoms with Crippen LogP contribution in [-0.2, 0) is 21.2 Å². The van der Waals surface area contributed by atoms with Crippen LogP contribution in [0.3, 0.4) is 0 Å². The summed E-state index contributed by atoms with van der Waals surface area (Å²) in [7, 11) is -3.47. The van der Waals surface area contributed by atoms with E-state index in [0.29, 0.717) is 35.5 Å². The van der Waals surface area contributed by atoms with Crippen LogP contribution in [0, 0.1) is 6.92 Å². The molecule has 0 bridgehead atoms. The lowest BCUT2D eigenvalue weighted by molar-refractivity contribution is -0.116. The first kappa shape index (κ1) is 21.1. The number of carbonyl (C=O) groups excluding carboxylic acids is 1. The number of fused-ring (bicyclic) bond motifs is 1. The minimum atomic E-state index is -3.47. The SMILES string of the molecule is Cc1cc(N)nc(SCC(=O)N2CCCc3cc(S(=O)(=O)N4CCCC4)ccc32)n1. The van der Waals surface area contributed by atoms with E-state index in [0.717, 1.165) is 42.6 Å². The summed E-state index contributed by atoms with van der Waals surface area (Å²) in [6.45, 7) is 3.60. The highest BCUT2D eigenvalue weighted by Crippen LogP contribution is 2.32. The average molecular weight is 448 g/mol. The summed E-state index contributed by atoms with van der Waals surface area (Å²) in [5, 5.41) is 0.477. The van der Waals surface area contributed by atoms with Gasteiger partial charge in [0.2, 0.25) is 15.9 Å². The minimum Gasteiger partial charge on any atom is -0.384 e. The highest BCUT2D eigenvalue weighted by atomic mass is 32.2. The zero-order chi connectivity index (χ0) is 21.3. The molecule has 1 aromatic heterocycles. The molecule has 3 heterocycles. The molecule has 2 aliphatic heterocycles. The number of thioether (sulfide) groups is 1. The number of carbonyl (C=O) groups is 1. The second-order valence-electron chi connectivity index (χ2n) is 7.56. The van der Waals surface area contributed by atoms with Gasteiger partial charge in [-0.15, -0.1) is 0 Å². The summed E-state index contributed by atoms with van der Waals surface area (Å²) >= 11 is 1.25. The van der Waals surface area contributed by atoms with Crippen molar-refractivity contribution in [1.29, 1.82) is 0 Å². The normalized spacial score (nSPS) is 17.2. The quantitative estimate of drug-likeness (QED) is 0.553. The molecular weight excluding hydrogens is 422 g/mol. The average Bonchev–Trinajstić information content (AvgIpc) is 3.26. The molecule has 0 saturated carbocycles. The number of hydrogen-bond acceptors (Lipinski definition) is 7. The van der Waals surface area contributed by atoms with Crippen molar-refractivity contribution in [2.24, 2.45) is 0 Å². The monoisotopic (exact) mass is 447 g/mol. The van der Waals surface area contributed by atoms with Gasteiger partial charge in [0, 0.05) is 37.1 Å². The maximum absolute atomic E-state index is 12.9. The molecule has 0 spiro atoms. The van der Waals surface area contributed by atoms with E-state index in [4.69, 9.17) is 5.73 Å². The second kappa shape index (κ2) is 8.52. The van der Waals surface area contributed by atoms with Crippen LogP contribution in [0.4, 0.5) is 11.5 Å². The number of amides is 1. The van der Waals surface area contributed by atoms with Crippen LogP contribution < -0.4 is 10.6 Å². The number of anilines is 2. The first-order valence-corrected chi connectivity index (χ1v) is 12.4. The molecule has 1 saturated heterocycles. The zero-order valence-corrected chi connectivity index (χ0v) is 18.5. The fraction of sp³-hybridized carbons (Fsp3) is 0.450. The van der Waals surface area contributed by atoms with Crippen LogP contribution in [0.1, 0.15) is 30.5 Å². The van der Waals surface area contributed by atoms with Crippen molar-refractivity contribution >= 4 is 39.2 Å². The van der Waals surface area contributed by atoms with Gasteiger partial charge in [0.05, 0.1) is 10.6 Å². The van der Waals surface area contributed by atoms with Crippen molar-refractivity contribution in [1.82, 2.24) is 14.3 Å². The summed E-state index contributed by atoms with van der Waals surface area (Å²) in [4.78, 5) is 23.4. The van der Waals surface area contributed by atoms with Gasteiger partial charge in [0.15, 0.2) is 5.16 Å². The molecule has 0 aliphatic carbocycles. The van der Waals surface area contributed by atoms with Gasteiger partial charge < -0.3 is 10.6 Å². The number of rotatable bonds is 5. The Morgan fingerprint density at radius 1 is 1.13 bits per heavy atom. The number of nitrogen functional groups attached to an aromatic ring is 1. The molecule has 30 heavy (non-hydrogen) atoms. The Balaban J connectivity index is 1.51. The van der Waals surface area contributed by atoms with Crippen LogP contribution in [0.25, 0.3) is 0 Å².